The fourth-order valence-electron chi connectivity index (χ4n) is 3.57. The third kappa shape index (κ3) is 3.20. The number of hydrogen-bond acceptors (Lipinski definition) is 5. The lowest BCUT2D eigenvalue weighted by Crippen LogP contribution is -2.22. The maximum Gasteiger partial charge on any atom is 0.225 e. The molecule has 5 nitrogen and oxygen atoms in total. The average Bonchev–Trinajstić information content (AvgIpc) is 3.16. The van der Waals surface area contributed by atoms with Crippen LogP contribution in [-0.4, -0.2) is 27.2 Å². The SMILES string of the molecule is COc1cccc([C@H]2CC(=O)Nc3c(-c4ccc(OC)c(OC)c4)csc32)c1. The summed E-state index contributed by atoms with van der Waals surface area (Å²) in [6.07, 6.45) is 0.423. The molecule has 0 spiro atoms. The Labute approximate surface area is 167 Å². The highest BCUT2D eigenvalue weighted by Gasteiger charge is 2.30. The number of benzene rings is 2. The standard InChI is InChI=1S/C22H21NO4S/c1-25-15-6-4-5-13(9-15)16-11-20(24)23-21-17(12-28-22(16)21)14-7-8-18(26-2)19(10-14)27-3/h4-10,12,16H,11H2,1-3H3,(H,23,24)/t16-/m1/s1. The van der Waals surface area contributed by atoms with Crippen LogP contribution in [0.15, 0.2) is 47.8 Å². The van der Waals surface area contributed by atoms with Gasteiger partial charge in [0.05, 0.1) is 27.0 Å². The van der Waals surface area contributed by atoms with Gasteiger partial charge < -0.3 is 19.5 Å². The smallest absolute Gasteiger partial charge is 0.225 e. The highest BCUT2D eigenvalue weighted by molar-refractivity contribution is 7.11. The van der Waals surface area contributed by atoms with Gasteiger partial charge in [-0.2, -0.15) is 0 Å². The van der Waals surface area contributed by atoms with Crippen molar-refractivity contribution in [1.29, 1.82) is 0 Å². The van der Waals surface area contributed by atoms with Crippen LogP contribution >= 0.6 is 11.3 Å². The highest BCUT2D eigenvalue weighted by atomic mass is 32.1. The molecule has 0 saturated heterocycles. The number of carbonyl (C=O) groups excluding carboxylic acids is 1. The summed E-state index contributed by atoms with van der Waals surface area (Å²) in [5.74, 6) is 2.15. The molecular weight excluding hydrogens is 374 g/mol. The zero-order chi connectivity index (χ0) is 19.7. The van der Waals surface area contributed by atoms with Gasteiger partial charge in [0.25, 0.3) is 0 Å². The van der Waals surface area contributed by atoms with Gasteiger partial charge in [0.1, 0.15) is 5.75 Å². The van der Waals surface area contributed by atoms with E-state index in [1.807, 2.05) is 42.5 Å². The number of nitrogens with one attached hydrogen (secondary N) is 1. The molecule has 0 fully saturated rings. The molecule has 0 saturated carbocycles. The Hall–Kier alpha value is -2.99. The van der Waals surface area contributed by atoms with Gasteiger partial charge in [-0.3, -0.25) is 4.79 Å². The first-order chi connectivity index (χ1) is 13.6. The van der Waals surface area contributed by atoms with Crippen molar-refractivity contribution < 1.29 is 19.0 Å². The van der Waals surface area contributed by atoms with E-state index in [-0.39, 0.29) is 11.8 Å². The first-order valence-corrected chi connectivity index (χ1v) is 9.80. The van der Waals surface area contributed by atoms with Gasteiger partial charge in [-0.25, -0.2) is 0 Å². The predicted octanol–water partition coefficient (Wildman–Crippen LogP) is 4.92. The topological polar surface area (TPSA) is 56.8 Å². The summed E-state index contributed by atoms with van der Waals surface area (Å²) < 4.78 is 16.1. The largest absolute Gasteiger partial charge is 0.497 e. The fraction of sp³-hybridized carbons (Fsp3) is 0.227. The molecule has 3 aromatic rings. The van der Waals surface area contributed by atoms with Crippen molar-refractivity contribution in [3.63, 3.8) is 0 Å². The van der Waals surface area contributed by atoms with Crippen molar-refractivity contribution in [2.45, 2.75) is 12.3 Å². The molecule has 1 aliphatic rings. The molecule has 0 bridgehead atoms. The lowest BCUT2D eigenvalue weighted by atomic mass is 9.89. The molecule has 6 heteroatoms. The molecule has 2 heterocycles. The van der Waals surface area contributed by atoms with Crippen LogP contribution in [-0.2, 0) is 4.79 Å². The second-order valence-corrected chi connectivity index (χ2v) is 7.45. The fourth-order valence-corrected chi connectivity index (χ4v) is 4.73. The van der Waals surface area contributed by atoms with E-state index in [9.17, 15) is 4.79 Å². The molecule has 0 unspecified atom stereocenters. The number of amides is 1. The van der Waals surface area contributed by atoms with Gasteiger partial charge in [0.2, 0.25) is 5.91 Å². The minimum atomic E-state index is 0.0118. The lowest BCUT2D eigenvalue weighted by molar-refractivity contribution is -0.116. The van der Waals surface area contributed by atoms with Gasteiger partial charge in [0.15, 0.2) is 11.5 Å². The summed E-state index contributed by atoms with van der Waals surface area (Å²) in [5, 5.41) is 5.16. The van der Waals surface area contributed by atoms with E-state index < -0.39 is 0 Å². The number of rotatable bonds is 5. The summed E-state index contributed by atoms with van der Waals surface area (Å²) in [6.45, 7) is 0. The van der Waals surface area contributed by atoms with Gasteiger partial charge in [-0.15, -0.1) is 11.3 Å². The van der Waals surface area contributed by atoms with E-state index in [4.69, 9.17) is 14.2 Å². The van der Waals surface area contributed by atoms with Crippen molar-refractivity contribution in [2.24, 2.45) is 0 Å². The Bertz CT molecular complexity index is 1030. The minimum Gasteiger partial charge on any atom is -0.497 e. The molecule has 1 aliphatic heterocycles. The number of fused-ring (bicyclic) bond motifs is 1. The van der Waals surface area contributed by atoms with Gasteiger partial charge in [0, 0.05) is 28.2 Å². The van der Waals surface area contributed by atoms with E-state index in [1.165, 1.54) is 0 Å². The quantitative estimate of drug-likeness (QED) is 0.667. The first-order valence-electron chi connectivity index (χ1n) is 8.92. The summed E-state index contributed by atoms with van der Waals surface area (Å²) in [4.78, 5) is 13.6. The predicted molar refractivity (Wildman–Crippen MR) is 111 cm³/mol. The number of methoxy groups -OCH3 is 3. The molecule has 28 heavy (non-hydrogen) atoms. The van der Waals surface area contributed by atoms with Crippen molar-refractivity contribution in [2.75, 3.05) is 26.6 Å². The van der Waals surface area contributed by atoms with E-state index in [0.29, 0.717) is 17.9 Å². The maximum atomic E-state index is 12.5. The van der Waals surface area contributed by atoms with Crippen LogP contribution in [0.3, 0.4) is 0 Å². The van der Waals surface area contributed by atoms with E-state index in [2.05, 4.69) is 10.7 Å². The molecule has 2 aromatic carbocycles. The van der Waals surface area contributed by atoms with Crippen LogP contribution in [0.2, 0.25) is 0 Å². The van der Waals surface area contributed by atoms with E-state index in [1.54, 1.807) is 32.7 Å². The van der Waals surface area contributed by atoms with E-state index in [0.717, 1.165) is 33.0 Å². The van der Waals surface area contributed by atoms with Crippen molar-refractivity contribution in [3.8, 4) is 28.4 Å². The number of ether oxygens (including phenoxy) is 3. The van der Waals surface area contributed by atoms with Crippen LogP contribution in [0.1, 0.15) is 22.8 Å². The van der Waals surface area contributed by atoms with Crippen LogP contribution in [0.5, 0.6) is 17.2 Å². The molecule has 0 radical (unpaired) electrons. The Balaban J connectivity index is 1.79. The molecule has 0 aliphatic carbocycles. The summed E-state index contributed by atoms with van der Waals surface area (Å²) in [6, 6.07) is 13.7. The number of carbonyl (C=O) groups is 1. The van der Waals surface area contributed by atoms with Crippen molar-refractivity contribution in [3.05, 3.63) is 58.3 Å². The number of hydrogen-bond donors (Lipinski definition) is 1. The maximum absolute atomic E-state index is 12.5. The Morgan fingerprint density at radius 1 is 1.00 bits per heavy atom. The Kier molecular flexibility index (Phi) is 4.96. The Morgan fingerprint density at radius 2 is 1.82 bits per heavy atom. The average molecular weight is 395 g/mol. The second kappa shape index (κ2) is 7.56. The van der Waals surface area contributed by atoms with Gasteiger partial charge >= 0.3 is 0 Å². The summed E-state index contributed by atoms with van der Waals surface area (Å²) in [5.41, 5.74) is 3.92. The van der Waals surface area contributed by atoms with Gasteiger partial charge in [-0.05, 0) is 35.4 Å². The monoisotopic (exact) mass is 395 g/mol. The third-order valence-corrected chi connectivity index (χ3v) is 6.08. The molecule has 144 valence electrons. The van der Waals surface area contributed by atoms with Gasteiger partial charge in [-0.1, -0.05) is 18.2 Å². The zero-order valence-corrected chi connectivity index (χ0v) is 16.8. The van der Waals surface area contributed by atoms with Crippen LogP contribution in [0.4, 0.5) is 5.69 Å². The third-order valence-electron chi connectivity index (χ3n) is 4.98. The second-order valence-electron chi connectivity index (χ2n) is 6.54. The Morgan fingerprint density at radius 3 is 2.57 bits per heavy atom. The minimum absolute atomic E-state index is 0.0118. The van der Waals surface area contributed by atoms with Crippen molar-refractivity contribution in [1.82, 2.24) is 0 Å². The highest BCUT2D eigenvalue weighted by Crippen LogP contribution is 2.47. The first kappa shape index (κ1) is 18.4. The zero-order valence-electron chi connectivity index (χ0n) is 15.9. The van der Waals surface area contributed by atoms with Crippen molar-refractivity contribution >= 4 is 22.9 Å². The van der Waals surface area contributed by atoms with Crippen LogP contribution < -0.4 is 19.5 Å². The number of thiophene rings is 1. The normalized spacial score (nSPS) is 15.5. The molecule has 1 amide bonds. The van der Waals surface area contributed by atoms with Crippen LogP contribution in [0, 0.1) is 0 Å². The molecular formula is C22H21NO4S. The molecule has 1 N–H and O–H groups in total. The molecule has 4 rings (SSSR count). The molecule has 1 aromatic heterocycles. The summed E-state index contributed by atoms with van der Waals surface area (Å²) >= 11 is 1.66. The van der Waals surface area contributed by atoms with Crippen LogP contribution in [0.25, 0.3) is 11.1 Å². The number of anilines is 1. The summed E-state index contributed by atoms with van der Waals surface area (Å²) in [7, 11) is 4.88. The lowest BCUT2D eigenvalue weighted by Gasteiger charge is -2.24. The van der Waals surface area contributed by atoms with E-state index >= 15 is 0 Å². The molecule has 1 atom stereocenters.